The van der Waals surface area contributed by atoms with Gasteiger partial charge in [-0.25, -0.2) is 0 Å². The van der Waals surface area contributed by atoms with Crippen LogP contribution in [0.5, 0.6) is 5.75 Å². The lowest BCUT2D eigenvalue weighted by atomic mass is 10.1. The smallest absolute Gasteiger partial charge is 0.251 e. The maximum atomic E-state index is 13.3. The molecular weight excluding hydrogens is 620 g/mol. The topological polar surface area (TPSA) is 150 Å². The van der Waals surface area contributed by atoms with Crippen LogP contribution in [-0.4, -0.2) is 69.4 Å². The van der Waals surface area contributed by atoms with Crippen LogP contribution >= 0.6 is 11.6 Å². The van der Waals surface area contributed by atoms with Crippen LogP contribution in [0, 0.1) is 23.2 Å². The normalized spacial score (nSPS) is 14.7. The van der Waals surface area contributed by atoms with Crippen molar-refractivity contribution in [1.82, 2.24) is 20.0 Å². The number of phenols is 1. The van der Waals surface area contributed by atoms with E-state index in [4.69, 9.17) is 21.6 Å². The third-order valence-corrected chi connectivity index (χ3v) is 7.63. The predicted octanol–water partition coefficient (Wildman–Crippen LogP) is 4.21. The Bertz CT molecular complexity index is 1870. The highest BCUT2D eigenvalue weighted by Gasteiger charge is 2.35. The lowest BCUT2D eigenvalue weighted by Crippen LogP contribution is -2.58. The molecule has 2 atom stereocenters. The molecule has 1 fully saturated rings. The monoisotopic (exact) mass is 650 g/mol. The average molecular weight is 651 g/mol. The van der Waals surface area contributed by atoms with Crippen LogP contribution in [0.1, 0.15) is 34.8 Å². The molecular formula is C35H31ClN6O5. The average Bonchev–Trinajstić information content (AvgIpc) is 3.50. The summed E-state index contributed by atoms with van der Waals surface area (Å²) in [7, 11) is 0. The maximum Gasteiger partial charge on any atom is 0.251 e. The highest BCUT2D eigenvalue weighted by molar-refractivity contribution is 6.31. The van der Waals surface area contributed by atoms with Gasteiger partial charge in [0, 0.05) is 40.1 Å². The fourth-order valence-electron chi connectivity index (χ4n) is 4.96. The highest BCUT2D eigenvalue weighted by Crippen LogP contribution is 2.32. The molecule has 2 heterocycles. The van der Waals surface area contributed by atoms with Gasteiger partial charge in [0.05, 0.1) is 37.8 Å². The zero-order valence-electron chi connectivity index (χ0n) is 25.4. The zero-order valence-corrected chi connectivity index (χ0v) is 26.2. The number of amides is 3. The SMILES string of the molecule is C[C@@H](NC(=O)c1ccccc1)C(=O)N1CCOC[C@H]1C(=O)Nc1ccc(C#Cc2cn(CCC#N)nc2-c2cc(Cl)ccc2O)cc1. The lowest BCUT2D eigenvalue weighted by Gasteiger charge is -2.36. The Labute approximate surface area is 276 Å². The summed E-state index contributed by atoms with van der Waals surface area (Å²) in [6, 6.07) is 20.5. The summed E-state index contributed by atoms with van der Waals surface area (Å²) in [4.78, 5) is 40.6. The van der Waals surface area contributed by atoms with E-state index in [1.165, 1.54) is 11.0 Å². The molecule has 238 valence electrons. The first-order valence-corrected chi connectivity index (χ1v) is 15.2. The van der Waals surface area contributed by atoms with Crippen molar-refractivity contribution in [2.45, 2.75) is 32.0 Å². The van der Waals surface area contributed by atoms with Crippen LogP contribution in [-0.2, 0) is 20.9 Å². The van der Waals surface area contributed by atoms with Gasteiger partial charge in [-0.05, 0) is 61.5 Å². The van der Waals surface area contributed by atoms with Gasteiger partial charge in [-0.1, -0.05) is 41.6 Å². The molecule has 1 aromatic heterocycles. The van der Waals surface area contributed by atoms with Gasteiger partial charge in [0.25, 0.3) is 5.91 Å². The summed E-state index contributed by atoms with van der Waals surface area (Å²) < 4.78 is 7.12. The van der Waals surface area contributed by atoms with Crippen molar-refractivity contribution in [3.8, 4) is 34.9 Å². The zero-order chi connectivity index (χ0) is 33.3. The fourth-order valence-corrected chi connectivity index (χ4v) is 5.13. The van der Waals surface area contributed by atoms with Gasteiger partial charge < -0.3 is 25.4 Å². The Morgan fingerprint density at radius 3 is 2.62 bits per heavy atom. The number of benzene rings is 3. The van der Waals surface area contributed by atoms with E-state index >= 15 is 0 Å². The molecule has 3 N–H and O–H groups in total. The van der Waals surface area contributed by atoms with E-state index in [1.54, 1.807) is 84.5 Å². The van der Waals surface area contributed by atoms with Gasteiger partial charge in [-0.2, -0.15) is 10.4 Å². The van der Waals surface area contributed by atoms with Gasteiger partial charge in [0.1, 0.15) is 23.5 Å². The number of hydrogen-bond acceptors (Lipinski definition) is 7. The number of halogens is 1. The second kappa shape index (κ2) is 15.1. The number of aromatic hydroxyl groups is 1. The quantitative estimate of drug-likeness (QED) is 0.242. The summed E-state index contributed by atoms with van der Waals surface area (Å²) in [5.41, 5.74) is 2.97. The van der Waals surface area contributed by atoms with Crippen molar-refractivity contribution in [3.05, 3.63) is 101 Å². The molecule has 1 aliphatic heterocycles. The van der Waals surface area contributed by atoms with Crippen molar-refractivity contribution in [2.24, 2.45) is 0 Å². The number of aryl methyl sites for hydroxylation is 1. The number of rotatable bonds is 8. The van der Waals surface area contributed by atoms with Crippen LogP contribution in [0.4, 0.5) is 5.69 Å². The standard InChI is InChI=1S/C35H31ClN6O5/c1-23(38-33(44)25-6-3-2-4-7-25)35(46)42-18-19-47-22-30(42)34(45)39-28-13-9-24(10-14-28)8-11-26-21-41(17-5-16-37)40-32(26)29-20-27(36)12-15-31(29)43/h2-4,6-7,9-10,12-15,20-21,23,30,43H,5,17-19,22H2,1H3,(H,38,44)(H,39,45)/t23-,30+/m1/s1. The van der Waals surface area contributed by atoms with Crippen LogP contribution in [0.2, 0.25) is 5.02 Å². The summed E-state index contributed by atoms with van der Waals surface area (Å²) in [6.45, 7) is 2.45. The number of morpholine rings is 1. The van der Waals surface area contributed by atoms with E-state index in [1.807, 2.05) is 0 Å². The van der Waals surface area contributed by atoms with Crippen molar-refractivity contribution in [1.29, 1.82) is 5.26 Å². The molecule has 0 bridgehead atoms. The number of nitriles is 1. The highest BCUT2D eigenvalue weighted by atomic mass is 35.5. The van der Waals surface area contributed by atoms with Crippen LogP contribution in [0.3, 0.4) is 0 Å². The van der Waals surface area contributed by atoms with Crippen LogP contribution < -0.4 is 10.6 Å². The molecule has 1 aliphatic rings. The fraction of sp³-hybridized carbons (Fsp3) is 0.229. The Kier molecular flexibility index (Phi) is 10.5. The van der Waals surface area contributed by atoms with E-state index < -0.39 is 18.0 Å². The molecule has 4 aromatic rings. The third-order valence-electron chi connectivity index (χ3n) is 7.39. The van der Waals surface area contributed by atoms with Crippen molar-refractivity contribution in [2.75, 3.05) is 25.1 Å². The summed E-state index contributed by atoms with van der Waals surface area (Å²) in [5, 5.41) is 29.9. The number of nitrogens with zero attached hydrogens (tertiary/aromatic N) is 4. The number of aromatic nitrogens is 2. The first-order chi connectivity index (χ1) is 22.7. The molecule has 12 heteroatoms. The van der Waals surface area contributed by atoms with Crippen molar-refractivity contribution >= 4 is 35.0 Å². The summed E-state index contributed by atoms with van der Waals surface area (Å²) >= 11 is 6.16. The lowest BCUT2D eigenvalue weighted by molar-refractivity contribution is -0.147. The van der Waals surface area contributed by atoms with Gasteiger partial charge >= 0.3 is 0 Å². The molecule has 3 amide bonds. The number of phenolic OH excluding ortho intramolecular Hbond substituents is 1. The molecule has 0 unspecified atom stereocenters. The second-order valence-electron chi connectivity index (χ2n) is 10.7. The molecule has 0 aliphatic carbocycles. The van der Waals surface area contributed by atoms with E-state index in [2.05, 4.69) is 33.6 Å². The molecule has 0 saturated carbocycles. The van der Waals surface area contributed by atoms with Gasteiger partial charge in [-0.15, -0.1) is 0 Å². The first kappa shape index (κ1) is 32.8. The largest absolute Gasteiger partial charge is 0.507 e. The van der Waals surface area contributed by atoms with Crippen LogP contribution in [0.15, 0.2) is 79.0 Å². The molecule has 1 saturated heterocycles. The van der Waals surface area contributed by atoms with Gasteiger partial charge in [-0.3, -0.25) is 19.1 Å². The van der Waals surface area contributed by atoms with E-state index in [9.17, 15) is 19.5 Å². The molecule has 3 aromatic carbocycles. The number of ether oxygens (including phenoxy) is 1. The molecule has 5 rings (SSSR count). The van der Waals surface area contributed by atoms with Crippen molar-refractivity contribution in [3.63, 3.8) is 0 Å². The summed E-state index contributed by atoms with van der Waals surface area (Å²) in [6.07, 6.45) is 1.97. The Hall–Kier alpha value is -5.62. The van der Waals surface area contributed by atoms with Crippen molar-refractivity contribution < 1.29 is 24.2 Å². The number of nitrogens with one attached hydrogen (secondary N) is 2. The number of hydrogen-bond donors (Lipinski definition) is 3. The van der Waals surface area contributed by atoms with Gasteiger partial charge in [0.2, 0.25) is 11.8 Å². The predicted molar refractivity (Wildman–Crippen MR) is 175 cm³/mol. The molecule has 11 nitrogen and oxygen atoms in total. The maximum absolute atomic E-state index is 13.3. The van der Waals surface area contributed by atoms with E-state index in [0.717, 1.165) is 0 Å². The van der Waals surface area contributed by atoms with E-state index in [0.29, 0.717) is 45.2 Å². The molecule has 47 heavy (non-hydrogen) atoms. The number of anilines is 1. The molecule has 0 radical (unpaired) electrons. The second-order valence-corrected chi connectivity index (χ2v) is 11.2. The Morgan fingerprint density at radius 1 is 1.11 bits per heavy atom. The number of carbonyl (C=O) groups excluding carboxylic acids is 3. The van der Waals surface area contributed by atoms with Crippen LogP contribution in [0.25, 0.3) is 11.3 Å². The minimum Gasteiger partial charge on any atom is -0.507 e. The Morgan fingerprint density at radius 2 is 1.87 bits per heavy atom. The first-order valence-electron chi connectivity index (χ1n) is 14.8. The third kappa shape index (κ3) is 8.16. The minimum absolute atomic E-state index is 0.00176. The van der Waals surface area contributed by atoms with Gasteiger partial charge in [0.15, 0.2) is 0 Å². The molecule has 0 spiro atoms. The van der Waals surface area contributed by atoms with E-state index in [-0.39, 0.29) is 43.7 Å². The Balaban J connectivity index is 1.27. The number of carbonyl (C=O) groups is 3. The minimum atomic E-state index is -0.884. The summed E-state index contributed by atoms with van der Waals surface area (Å²) in [5.74, 6) is 4.98.